The molecule has 1 aromatic rings. The molecule has 1 saturated heterocycles. The van der Waals surface area contributed by atoms with Crippen LogP contribution in [0.1, 0.15) is 33.3 Å². The van der Waals surface area contributed by atoms with Gasteiger partial charge in [-0.3, -0.25) is 0 Å². The topological polar surface area (TPSA) is 62.9 Å². The molecule has 22 heavy (non-hydrogen) atoms. The molecule has 118 valence electrons. The summed E-state index contributed by atoms with van der Waals surface area (Å²) < 4.78 is 22.8. The molecule has 0 saturated carbocycles. The molecule has 2 N–H and O–H groups in total. The van der Waals surface area contributed by atoms with Crippen LogP contribution in [0.4, 0.5) is 0 Å². The van der Waals surface area contributed by atoms with Crippen molar-refractivity contribution < 1.29 is 18.8 Å². The third kappa shape index (κ3) is 2.62. The Morgan fingerprint density at radius 3 is 2.41 bits per heavy atom. The van der Waals surface area contributed by atoms with Crippen LogP contribution in [0.3, 0.4) is 0 Å². The maximum Gasteiger partial charge on any atom is 0.491 e. The van der Waals surface area contributed by atoms with Crippen molar-refractivity contribution in [2.45, 2.75) is 38.9 Å². The van der Waals surface area contributed by atoms with E-state index in [4.69, 9.17) is 24.5 Å². The maximum atomic E-state index is 6.06. The summed E-state index contributed by atoms with van der Waals surface area (Å²) in [5, 5.41) is 0. The lowest BCUT2D eigenvalue weighted by Gasteiger charge is -2.32. The smallest absolute Gasteiger partial charge is 0.454 e. The first kappa shape index (κ1) is 15.4. The summed E-state index contributed by atoms with van der Waals surface area (Å²) in [7, 11) is -0.430. The first-order valence-corrected chi connectivity index (χ1v) is 7.48. The van der Waals surface area contributed by atoms with Crippen LogP contribution in [0.2, 0.25) is 0 Å². The van der Waals surface area contributed by atoms with Gasteiger partial charge in [0, 0.05) is 6.54 Å². The van der Waals surface area contributed by atoms with Gasteiger partial charge in [-0.05, 0) is 50.9 Å². The van der Waals surface area contributed by atoms with Crippen LogP contribution in [-0.2, 0) is 9.31 Å². The van der Waals surface area contributed by atoms with E-state index in [-0.39, 0.29) is 18.0 Å². The van der Waals surface area contributed by atoms with Gasteiger partial charge in [0.25, 0.3) is 0 Å². The van der Waals surface area contributed by atoms with E-state index < -0.39 is 7.12 Å². The Labute approximate surface area is 131 Å². The standard InChI is InChI=1S/C16H22BNO4/c1-15(2)16(3,4)22-17(21-15)12(9-18)7-11-5-6-13-14(8-11)20-10-19-13/h5-8H,9-10,18H2,1-4H3. The second kappa shape index (κ2) is 5.30. The minimum Gasteiger partial charge on any atom is -0.454 e. The number of benzene rings is 1. The number of fused-ring (bicyclic) bond motifs is 1. The predicted molar refractivity (Wildman–Crippen MR) is 85.7 cm³/mol. The van der Waals surface area contributed by atoms with Crippen molar-refractivity contribution in [3.05, 3.63) is 29.2 Å². The zero-order chi connectivity index (χ0) is 16.0. The average molecular weight is 303 g/mol. The van der Waals surface area contributed by atoms with E-state index in [2.05, 4.69) is 0 Å². The molecule has 2 aliphatic rings. The summed E-state index contributed by atoms with van der Waals surface area (Å²) >= 11 is 0. The molecule has 1 fully saturated rings. The van der Waals surface area contributed by atoms with Crippen molar-refractivity contribution in [3.8, 4) is 11.5 Å². The maximum absolute atomic E-state index is 6.06. The minimum absolute atomic E-state index is 0.267. The highest BCUT2D eigenvalue weighted by atomic mass is 16.7. The minimum atomic E-state index is -0.430. The van der Waals surface area contributed by atoms with E-state index in [0.717, 1.165) is 22.5 Å². The highest BCUT2D eigenvalue weighted by Crippen LogP contribution is 2.39. The number of rotatable bonds is 3. The van der Waals surface area contributed by atoms with Crippen LogP contribution < -0.4 is 15.2 Å². The van der Waals surface area contributed by atoms with Gasteiger partial charge in [0.05, 0.1) is 11.2 Å². The lowest BCUT2D eigenvalue weighted by Crippen LogP contribution is -2.41. The van der Waals surface area contributed by atoms with E-state index in [0.29, 0.717) is 6.54 Å². The third-order valence-corrected chi connectivity index (χ3v) is 4.54. The highest BCUT2D eigenvalue weighted by molar-refractivity contribution is 6.55. The molecular formula is C16H22BNO4. The van der Waals surface area contributed by atoms with Crippen LogP contribution in [0.15, 0.2) is 23.7 Å². The predicted octanol–water partition coefficient (Wildman–Crippen LogP) is 2.39. The molecule has 0 aliphatic carbocycles. The second-order valence-electron chi connectivity index (χ2n) is 6.62. The Morgan fingerprint density at radius 1 is 1.14 bits per heavy atom. The van der Waals surface area contributed by atoms with E-state index in [1.54, 1.807) is 0 Å². The Hall–Kier alpha value is -1.50. The van der Waals surface area contributed by atoms with Crippen molar-refractivity contribution in [1.82, 2.24) is 0 Å². The number of hydrogen-bond acceptors (Lipinski definition) is 5. The molecule has 0 bridgehead atoms. The molecule has 1 aromatic carbocycles. The van der Waals surface area contributed by atoms with Crippen molar-refractivity contribution in [3.63, 3.8) is 0 Å². The average Bonchev–Trinajstić information content (AvgIpc) is 2.98. The molecule has 0 atom stereocenters. The number of nitrogens with two attached hydrogens (primary N) is 1. The molecule has 0 spiro atoms. The molecule has 6 heteroatoms. The van der Waals surface area contributed by atoms with Gasteiger partial charge in [0.1, 0.15) is 0 Å². The quantitative estimate of drug-likeness (QED) is 0.869. The molecule has 3 rings (SSSR count). The molecule has 2 aliphatic heterocycles. The van der Waals surface area contributed by atoms with Gasteiger partial charge in [-0.1, -0.05) is 12.1 Å². The normalized spacial score (nSPS) is 22.2. The molecule has 0 aromatic heterocycles. The van der Waals surface area contributed by atoms with E-state index in [1.165, 1.54) is 0 Å². The van der Waals surface area contributed by atoms with Crippen molar-refractivity contribution in [1.29, 1.82) is 0 Å². The van der Waals surface area contributed by atoms with Gasteiger partial charge in [-0.15, -0.1) is 0 Å². The van der Waals surface area contributed by atoms with Crippen LogP contribution in [0.5, 0.6) is 11.5 Å². The fourth-order valence-electron chi connectivity index (χ4n) is 2.43. The second-order valence-corrected chi connectivity index (χ2v) is 6.62. The van der Waals surface area contributed by atoms with Gasteiger partial charge in [0.2, 0.25) is 6.79 Å². The summed E-state index contributed by atoms with van der Waals surface area (Å²) in [6, 6.07) is 5.80. The zero-order valence-corrected chi connectivity index (χ0v) is 13.5. The molecule has 0 radical (unpaired) electrons. The van der Waals surface area contributed by atoms with E-state index >= 15 is 0 Å². The van der Waals surface area contributed by atoms with Crippen molar-refractivity contribution in [2.24, 2.45) is 5.73 Å². The number of ether oxygens (including phenoxy) is 2. The Kier molecular flexibility index (Phi) is 3.71. The van der Waals surface area contributed by atoms with Crippen LogP contribution >= 0.6 is 0 Å². The van der Waals surface area contributed by atoms with Crippen LogP contribution in [0.25, 0.3) is 6.08 Å². The summed E-state index contributed by atoms with van der Waals surface area (Å²) in [6.07, 6.45) is 1.99. The first-order valence-electron chi connectivity index (χ1n) is 7.48. The summed E-state index contributed by atoms with van der Waals surface area (Å²) in [5.41, 5.74) is 7.04. The van der Waals surface area contributed by atoms with Crippen molar-refractivity contribution in [2.75, 3.05) is 13.3 Å². The molecule has 0 unspecified atom stereocenters. The zero-order valence-electron chi connectivity index (χ0n) is 13.5. The number of hydrogen-bond donors (Lipinski definition) is 1. The summed E-state index contributed by atoms with van der Waals surface area (Å²) in [6.45, 7) is 8.75. The Morgan fingerprint density at radius 2 is 1.77 bits per heavy atom. The third-order valence-electron chi connectivity index (χ3n) is 4.54. The molecule has 5 nitrogen and oxygen atoms in total. The summed E-state index contributed by atoms with van der Waals surface area (Å²) in [4.78, 5) is 0. The van der Waals surface area contributed by atoms with E-state index in [1.807, 2.05) is 52.0 Å². The molecule has 0 amide bonds. The lowest BCUT2D eigenvalue weighted by molar-refractivity contribution is 0.00578. The van der Waals surface area contributed by atoms with Gasteiger partial charge >= 0.3 is 7.12 Å². The van der Waals surface area contributed by atoms with Crippen LogP contribution in [0, 0.1) is 0 Å². The SMILES string of the molecule is CC1(C)OB(C(=Cc2ccc3c(c2)OCO3)CN)OC1(C)C. The first-order chi connectivity index (χ1) is 10.3. The van der Waals surface area contributed by atoms with Gasteiger partial charge in [-0.25, -0.2) is 0 Å². The van der Waals surface area contributed by atoms with Crippen molar-refractivity contribution >= 4 is 13.2 Å². The van der Waals surface area contributed by atoms with Crippen LogP contribution in [-0.4, -0.2) is 31.7 Å². The lowest BCUT2D eigenvalue weighted by atomic mass is 9.77. The monoisotopic (exact) mass is 303 g/mol. The van der Waals surface area contributed by atoms with Gasteiger partial charge in [-0.2, -0.15) is 0 Å². The molecular weight excluding hydrogens is 281 g/mol. The Balaban J connectivity index is 1.86. The Bertz CT molecular complexity index is 596. The van der Waals surface area contributed by atoms with Gasteiger partial charge in [0.15, 0.2) is 11.5 Å². The molecule has 2 heterocycles. The fourth-order valence-corrected chi connectivity index (χ4v) is 2.43. The fraction of sp³-hybridized carbons (Fsp3) is 0.500. The summed E-state index contributed by atoms with van der Waals surface area (Å²) in [5.74, 6) is 1.51. The largest absolute Gasteiger partial charge is 0.491 e. The van der Waals surface area contributed by atoms with Gasteiger partial charge < -0.3 is 24.5 Å². The van der Waals surface area contributed by atoms with E-state index in [9.17, 15) is 0 Å². The highest BCUT2D eigenvalue weighted by Gasteiger charge is 2.52.